The van der Waals surface area contributed by atoms with Gasteiger partial charge in [-0.15, -0.1) is 0 Å². The molecule has 0 saturated heterocycles. The SMILES string of the molecule is CC(C)CCNC(=O)[C@@H](NC(=O)CCCCCCCCCN1C(=O)c2ccccc2C1=O)[C@@H](C)O. The summed E-state index contributed by atoms with van der Waals surface area (Å²) in [5.41, 5.74) is 0.987. The highest BCUT2D eigenvalue weighted by atomic mass is 16.3. The molecule has 3 N–H and O–H groups in total. The van der Waals surface area contributed by atoms with Gasteiger partial charge in [0.2, 0.25) is 11.8 Å². The van der Waals surface area contributed by atoms with E-state index in [1.807, 2.05) is 0 Å². The Morgan fingerprint density at radius 1 is 0.886 bits per heavy atom. The largest absolute Gasteiger partial charge is 0.391 e. The summed E-state index contributed by atoms with van der Waals surface area (Å²) in [6, 6.07) is 6.01. The predicted molar refractivity (Wildman–Crippen MR) is 135 cm³/mol. The average Bonchev–Trinajstić information content (AvgIpc) is 3.05. The van der Waals surface area contributed by atoms with Gasteiger partial charge in [0.1, 0.15) is 6.04 Å². The summed E-state index contributed by atoms with van der Waals surface area (Å²) in [6.45, 7) is 6.60. The maximum Gasteiger partial charge on any atom is 0.261 e. The van der Waals surface area contributed by atoms with Crippen molar-refractivity contribution in [1.82, 2.24) is 15.5 Å². The summed E-state index contributed by atoms with van der Waals surface area (Å²) in [7, 11) is 0. The van der Waals surface area contributed by atoms with Crippen molar-refractivity contribution in [2.75, 3.05) is 13.1 Å². The first-order valence-electron chi connectivity index (χ1n) is 12.9. The van der Waals surface area contributed by atoms with Crippen LogP contribution in [0.2, 0.25) is 0 Å². The first-order chi connectivity index (χ1) is 16.7. The van der Waals surface area contributed by atoms with Gasteiger partial charge in [0, 0.05) is 19.5 Å². The first-order valence-corrected chi connectivity index (χ1v) is 12.9. The zero-order chi connectivity index (χ0) is 25.8. The maximum absolute atomic E-state index is 12.3. The van der Waals surface area contributed by atoms with E-state index in [1.165, 1.54) is 11.8 Å². The van der Waals surface area contributed by atoms with Crippen LogP contribution in [0.25, 0.3) is 0 Å². The van der Waals surface area contributed by atoms with Crippen molar-refractivity contribution >= 4 is 23.6 Å². The summed E-state index contributed by atoms with van der Waals surface area (Å²) in [4.78, 5) is 50.5. The fraction of sp³-hybridized carbons (Fsp3) is 0.630. The molecule has 1 aromatic carbocycles. The molecule has 0 aliphatic carbocycles. The average molecular weight is 488 g/mol. The van der Waals surface area contributed by atoms with E-state index in [2.05, 4.69) is 24.5 Å². The van der Waals surface area contributed by atoms with Crippen molar-refractivity contribution in [3.8, 4) is 0 Å². The Balaban J connectivity index is 1.53. The molecule has 1 aliphatic rings. The Morgan fingerprint density at radius 3 is 1.97 bits per heavy atom. The number of carbonyl (C=O) groups is 4. The lowest BCUT2D eigenvalue weighted by molar-refractivity contribution is -0.131. The van der Waals surface area contributed by atoms with Crippen LogP contribution in [0, 0.1) is 5.92 Å². The minimum absolute atomic E-state index is 0.199. The van der Waals surface area contributed by atoms with Gasteiger partial charge in [-0.3, -0.25) is 24.1 Å². The van der Waals surface area contributed by atoms with Crippen LogP contribution >= 0.6 is 0 Å². The molecule has 1 heterocycles. The number of rotatable bonds is 16. The van der Waals surface area contributed by atoms with Gasteiger partial charge in [0.25, 0.3) is 11.8 Å². The van der Waals surface area contributed by atoms with Crippen LogP contribution in [-0.4, -0.2) is 58.9 Å². The van der Waals surface area contributed by atoms with Crippen LogP contribution in [0.5, 0.6) is 0 Å². The second-order valence-corrected chi connectivity index (χ2v) is 9.79. The monoisotopic (exact) mass is 487 g/mol. The molecule has 0 bridgehead atoms. The van der Waals surface area contributed by atoms with Crippen molar-refractivity contribution in [3.05, 3.63) is 35.4 Å². The number of imide groups is 1. The zero-order valence-corrected chi connectivity index (χ0v) is 21.3. The first kappa shape index (κ1) is 28.5. The van der Waals surface area contributed by atoms with E-state index in [0.717, 1.165) is 51.4 Å². The Kier molecular flexibility index (Phi) is 11.9. The van der Waals surface area contributed by atoms with E-state index < -0.39 is 12.1 Å². The molecule has 0 saturated carbocycles. The van der Waals surface area contributed by atoms with Gasteiger partial charge in [-0.25, -0.2) is 0 Å². The van der Waals surface area contributed by atoms with E-state index in [0.29, 0.717) is 36.6 Å². The van der Waals surface area contributed by atoms with Gasteiger partial charge in [0.05, 0.1) is 17.2 Å². The predicted octanol–water partition coefficient (Wildman–Crippen LogP) is 3.43. The molecule has 8 nitrogen and oxygen atoms in total. The number of carbonyl (C=O) groups excluding carboxylic acids is 4. The molecule has 8 heteroatoms. The van der Waals surface area contributed by atoms with E-state index in [-0.39, 0.29) is 23.6 Å². The second kappa shape index (κ2) is 14.6. The van der Waals surface area contributed by atoms with Gasteiger partial charge in [-0.05, 0) is 44.2 Å². The second-order valence-electron chi connectivity index (χ2n) is 9.79. The third-order valence-electron chi connectivity index (χ3n) is 6.27. The molecule has 4 amide bonds. The normalized spacial score (nSPS) is 14.7. The molecule has 1 aromatic rings. The topological polar surface area (TPSA) is 116 Å². The highest BCUT2D eigenvalue weighted by Gasteiger charge is 2.34. The number of aliphatic hydroxyl groups is 1. The molecule has 194 valence electrons. The van der Waals surface area contributed by atoms with E-state index >= 15 is 0 Å². The number of nitrogens with zero attached hydrogens (tertiary/aromatic N) is 1. The van der Waals surface area contributed by atoms with Crippen LogP contribution in [-0.2, 0) is 9.59 Å². The maximum atomic E-state index is 12.3. The summed E-state index contributed by atoms with van der Waals surface area (Å²) in [5, 5.41) is 15.3. The van der Waals surface area contributed by atoms with Crippen molar-refractivity contribution in [3.63, 3.8) is 0 Å². The highest BCUT2D eigenvalue weighted by molar-refractivity contribution is 6.21. The summed E-state index contributed by atoms with van der Waals surface area (Å²) in [5.74, 6) is -0.512. The molecular formula is C27H41N3O5. The van der Waals surface area contributed by atoms with Crippen molar-refractivity contribution in [1.29, 1.82) is 0 Å². The molecule has 35 heavy (non-hydrogen) atoms. The highest BCUT2D eigenvalue weighted by Crippen LogP contribution is 2.23. The molecule has 0 unspecified atom stereocenters. The molecule has 2 rings (SSSR count). The Hall–Kier alpha value is -2.74. The Morgan fingerprint density at radius 2 is 1.43 bits per heavy atom. The Bertz CT molecular complexity index is 833. The third-order valence-corrected chi connectivity index (χ3v) is 6.27. The minimum Gasteiger partial charge on any atom is -0.391 e. The third kappa shape index (κ3) is 9.09. The fourth-order valence-electron chi connectivity index (χ4n) is 4.13. The molecule has 0 aromatic heterocycles. The summed E-state index contributed by atoms with van der Waals surface area (Å²) >= 11 is 0. The summed E-state index contributed by atoms with van der Waals surface area (Å²) < 4.78 is 0. The number of benzene rings is 1. The standard InChI is InChI=1S/C27H41N3O5/c1-19(2)16-17-28-25(33)24(20(3)31)29-23(32)15-9-7-5-4-6-8-12-18-30-26(34)21-13-10-11-14-22(21)27(30)35/h10-11,13-14,19-20,24,31H,4-9,12,15-18H2,1-3H3,(H,28,33)(H,29,32)/t20-,24+/m1/s1. The smallest absolute Gasteiger partial charge is 0.261 e. The number of fused-ring (bicyclic) bond motifs is 1. The van der Waals surface area contributed by atoms with Gasteiger partial charge in [-0.2, -0.15) is 0 Å². The molecule has 0 spiro atoms. The van der Waals surface area contributed by atoms with Crippen LogP contribution < -0.4 is 10.6 Å². The zero-order valence-electron chi connectivity index (χ0n) is 21.3. The lowest BCUT2D eigenvalue weighted by Gasteiger charge is -2.21. The molecule has 0 fully saturated rings. The molecule has 0 radical (unpaired) electrons. The Labute approximate surface area is 208 Å². The number of hydrogen-bond donors (Lipinski definition) is 3. The summed E-state index contributed by atoms with van der Waals surface area (Å²) in [6.07, 6.45) is 6.59. The molecule has 1 aliphatic heterocycles. The van der Waals surface area contributed by atoms with E-state index in [4.69, 9.17) is 0 Å². The van der Waals surface area contributed by atoms with Gasteiger partial charge < -0.3 is 15.7 Å². The lowest BCUT2D eigenvalue weighted by atomic mass is 10.1. The van der Waals surface area contributed by atoms with Crippen molar-refractivity contribution in [2.45, 2.75) is 90.7 Å². The van der Waals surface area contributed by atoms with Crippen LogP contribution in [0.15, 0.2) is 24.3 Å². The number of nitrogens with one attached hydrogen (secondary N) is 2. The van der Waals surface area contributed by atoms with Gasteiger partial charge in [0.15, 0.2) is 0 Å². The minimum atomic E-state index is -0.960. The van der Waals surface area contributed by atoms with Crippen molar-refractivity contribution < 1.29 is 24.3 Å². The molecular weight excluding hydrogens is 446 g/mol. The van der Waals surface area contributed by atoms with Gasteiger partial charge >= 0.3 is 0 Å². The number of unbranched alkanes of at least 4 members (excludes halogenated alkanes) is 6. The molecule has 2 atom stereocenters. The lowest BCUT2D eigenvalue weighted by Crippen LogP contribution is -2.52. The quantitative estimate of drug-likeness (QED) is 0.244. The van der Waals surface area contributed by atoms with Crippen molar-refractivity contribution in [2.24, 2.45) is 5.92 Å². The number of aliphatic hydroxyl groups excluding tert-OH is 1. The van der Waals surface area contributed by atoms with Crippen LogP contribution in [0.1, 0.15) is 99.3 Å². The van der Waals surface area contributed by atoms with Crippen LogP contribution in [0.3, 0.4) is 0 Å². The van der Waals surface area contributed by atoms with E-state index in [1.54, 1.807) is 24.3 Å². The van der Waals surface area contributed by atoms with E-state index in [9.17, 15) is 24.3 Å². The van der Waals surface area contributed by atoms with Crippen LogP contribution in [0.4, 0.5) is 0 Å². The number of amides is 4. The van der Waals surface area contributed by atoms with Gasteiger partial charge in [-0.1, -0.05) is 58.1 Å². The fourth-order valence-corrected chi connectivity index (χ4v) is 4.13. The number of hydrogen-bond acceptors (Lipinski definition) is 5.